The SMILES string of the molecule is C=C(NCc1ccc(-c2scnc2C)cc1)[C@@H]1C[C@@H](O)CN1C(=O)[C@@H](NC(=O)COCCCc1ncc(C(=O)Cc2ccc(OC(F)(F)Cl)cc2)cc1-c1ccn[nH]1)C(C)(C)C. The monoisotopic (exact) mass is 889 g/mol. The molecule has 6 rings (SSSR count). The standard InChI is InChI=1S/C45H50ClF2N7O6S/c1-27(49-22-30-8-12-31(13-9-30)41-28(2)51-26-62-41)38-21-33(56)24-55(38)43(59)42(44(3,4)5)53-40(58)25-60-18-6-7-36-35(37-16-17-52-54-37)20-32(23-50-36)39(57)19-29-10-14-34(15-11-29)61-45(46,47)48/h8-17,20,23,26,33,38,42,49,56H,1,6-7,18-19,21-22,24-25H2,2-5H3,(H,52,54)(H,53,58)/t33-,38+,42-/m1/s1. The lowest BCUT2D eigenvalue weighted by Gasteiger charge is -2.36. The van der Waals surface area contributed by atoms with Crippen molar-refractivity contribution in [2.45, 2.75) is 83.7 Å². The number of pyridine rings is 1. The van der Waals surface area contributed by atoms with Crippen molar-refractivity contribution >= 4 is 40.5 Å². The number of rotatable bonds is 19. The van der Waals surface area contributed by atoms with Gasteiger partial charge in [0, 0.05) is 79.1 Å². The fourth-order valence-electron chi connectivity index (χ4n) is 7.18. The minimum Gasteiger partial charge on any atom is -0.420 e. The van der Waals surface area contributed by atoms with Gasteiger partial charge in [0.25, 0.3) is 0 Å². The summed E-state index contributed by atoms with van der Waals surface area (Å²) >= 11 is 6.44. The molecule has 1 aliphatic heterocycles. The van der Waals surface area contributed by atoms with E-state index in [9.17, 15) is 28.3 Å². The molecule has 0 spiro atoms. The number of aliphatic hydroxyl groups excluding tert-OH is 1. The number of hydrogen-bond acceptors (Lipinski definition) is 11. The molecular weight excluding hydrogens is 840 g/mol. The summed E-state index contributed by atoms with van der Waals surface area (Å²) in [4.78, 5) is 52.2. The quantitative estimate of drug-likeness (QED) is 0.0377. The number of nitrogens with zero attached hydrogens (tertiary/aromatic N) is 4. The first-order chi connectivity index (χ1) is 29.4. The van der Waals surface area contributed by atoms with E-state index in [-0.39, 0.29) is 43.6 Å². The minimum absolute atomic E-state index is 0.00347. The van der Waals surface area contributed by atoms with Crippen molar-refractivity contribution in [3.63, 3.8) is 0 Å². The van der Waals surface area contributed by atoms with Gasteiger partial charge in [-0.25, -0.2) is 4.98 Å². The number of aromatic nitrogens is 4. The summed E-state index contributed by atoms with van der Waals surface area (Å²) < 4.78 is 36.0. The van der Waals surface area contributed by atoms with Crippen molar-refractivity contribution in [3.8, 4) is 27.4 Å². The number of nitrogens with one attached hydrogen (secondary N) is 3. The van der Waals surface area contributed by atoms with Crippen LogP contribution in [-0.2, 0) is 33.7 Å². The first-order valence-corrected chi connectivity index (χ1v) is 21.3. The molecule has 62 heavy (non-hydrogen) atoms. The zero-order chi connectivity index (χ0) is 44.6. The van der Waals surface area contributed by atoms with Gasteiger partial charge in [0.1, 0.15) is 18.4 Å². The van der Waals surface area contributed by atoms with Gasteiger partial charge < -0.3 is 30.1 Å². The topological polar surface area (TPSA) is 172 Å². The van der Waals surface area contributed by atoms with Crippen LogP contribution in [0.15, 0.2) is 90.8 Å². The summed E-state index contributed by atoms with van der Waals surface area (Å²) in [5.74, 6) is -1.15. The molecule has 13 nitrogen and oxygen atoms in total. The summed E-state index contributed by atoms with van der Waals surface area (Å²) in [7, 11) is 0. The lowest BCUT2D eigenvalue weighted by molar-refractivity contribution is -0.141. The molecule has 0 aliphatic carbocycles. The number of aryl methyl sites for hydroxylation is 2. The van der Waals surface area contributed by atoms with Crippen LogP contribution in [0, 0.1) is 12.3 Å². The molecule has 2 amide bonds. The highest BCUT2D eigenvalue weighted by Gasteiger charge is 2.43. The summed E-state index contributed by atoms with van der Waals surface area (Å²) in [6, 6.07) is 15.9. The number of ether oxygens (including phenoxy) is 2. The minimum atomic E-state index is -3.84. The van der Waals surface area contributed by atoms with Crippen LogP contribution >= 0.6 is 22.9 Å². The van der Waals surface area contributed by atoms with Crippen molar-refractivity contribution in [2.24, 2.45) is 5.41 Å². The second-order valence-electron chi connectivity index (χ2n) is 16.2. The number of aliphatic hydroxyl groups is 1. The molecule has 1 saturated heterocycles. The number of thiazole rings is 1. The van der Waals surface area contributed by atoms with Crippen molar-refractivity contribution < 1.29 is 37.7 Å². The van der Waals surface area contributed by atoms with Crippen LogP contribution in [-0.4, -0.2) is 91.3 Å². The molecule has 4 N–H and O–H groups in total. The van der Waals surface area contributed by atoms with E-state index >= 15 is 0 Å². The van der Waals surface area contributed by atoms with Gasteiger partial charge in [0.05, 0.1) is 33.9 Å². The maximum absolute atomic E-state index is 14.1. The van der Waals surface area contributed by atoms with Gasteiger partial charge in [-0.1, -0.05) is 63.7 Å². The van der Waals surface area contributed by atoms with Gasteiger partial charge in [0.2, 0.25) is 11.8 Å². The van der Waals surface area contributed by atoms with E-state index in [0.717, 1.165) is 21.7 Å². The second-order valence-corrected chi connectivity index (χ2v) is 17.5. The maximum atomic E-state index is 14.1. The predicted octanol–water partition coefficient (Wildman–Crippen LogP) is 7.24. The molecule has 0 saturated carbocycles. The smallest absolute Gasteiger partial charge is 0.420 e. The number of hydrogen-bond donors (Lipinski definition) is 4. The molecule has 3 aromatic heterocycles. The summed E-state index contributed by atoms with van der Waals surface area (Å²) in [5, 5.41) is 23.9. The van der Waals surface area contributed by atoms with E-state index in [1.165, 1.54) is 30.5 Å². The molecule has 2 aromatic carbocycles. The number of alkyl halides is 3. The van der Waals surface area contributed by atoms with E-state index in [4.69, 9.17) is 16.3 Å². The molecular formula is C45H50ClF2N7O6S. The van der Waals surface area contributed by atoms with Crippen LogP contribution in [0.3, 0.4) is 0 Å². The Morgan fingerprint density at radius 3 is 2.45 bits per heavy atom. The molecule has 17 heteroatoms. The number of halogens is 3. The molecule has 3 atom stereocenters. The third-order valence-electron chi connectivity index (χ3n) is 10.4. The van der Waals surface area contributed by atoms with Crippen LogP contribution in [0.25, 0.3) is 21.7 Å². The van der Waals surface area contributed by atoms with Crippen LogP contribution in [0.2, 0.25) is 0 Å². The van der Waals surface area contributed by atoms with E-state index in [1.54, 1.807) is 34.6 Å². The molecule has 0 radical (unpaired) electrons. The number of H-pyrrole nitrogens is 1. The first-order valence-electron chi connectivity index (χ1n) is 20.1. The highest BCUT2D eigenvalue weighted by Crippen LogP contribution is 2.31. The number of ketones is 1. The number of carbonyl (C=O) groups excluding carboxylic acids is 3. The van der Waals surface area contributed by atoms with Crippen LogP contribution < -0.4 is 15.4 Å². The fraction of sp³-hybridized carbons (Fsp3) is 0.378. The highest BCUT2D eigenvalue weighted by atomic mass is 35.5. The van der Waals surface area contributed by atoms with Gasteiger partial charge >= 0.3 is 5.57 Å². The summed E-state index contributed by atoms with van der Waals surface area (Å²) in [5.41, 5.74) is 3.98. The molecule has 328 valence electrons. The number of Topliss-reactive ketones (excluding diaryl/α,β-unsaturated/α-hetero) is 1. The molecule has 5 aromatic rings. The van der Waals surface area contributed by atoms with Crippen molar-refractivity contribution in [1.29, 1.82) is 0 Å². The Morgan fingerprint density at radius 1 is 1.08 bits per heavy atom. The Hall–Kier alpha value is -5.55. The average molecular weight is 890 g/mol. The number of aromatic amines is 1. The Balaban J connectivity index is 0.998. The Bertz CT molecular complexity index is 2330. The molecule has 0 unspecified atom stereocenters. The van der Waals surface area contributed by atoms with E-state index in [2.05, 4.69) is 54.2 Å². The second kappa shape index (κ2) is 20.1. The van der Waals surface area contributed by atoms with Gasteiger partial charge in [0.15, 0.2) is 5.78 Å². The number of carbonyl (C=O) groups is 3. The van der Waals surface area contributed by atoms with Crippen molar-refractivity contribution in [3.05, 3.63) is 119 Å². The van der Waals surface area contributed by atoms with Crippen LogP contribution in [0.1, 0.15) is 66.5 Å². The van der Waals surface area contributed by atoms with Crippen molar-refractivity contribution in [2.75, 3.05) is 19.8 Å². The largest absolute Gasteiger partial charge is 0.487 e. The fourth-order valence-corrected chi connectivity index (χ4v) is 8.08. The number of amides is 2. The van der Waals surface area contributed by atoms with Gasteiger partial charge in [-0.2, -0.15) is 5.10 Å². The maximum Gasteiger partial charge on any atom is 0.487 e. The Kier molecular flexibility index (Phi) is 14.9. The molecule has 1 fully saturated rings. The van der Waals surface area contributed by atoms with E-state index in [0.29, 0.717) is 59.6 Å². The first kappa shape index (κ1) is 46.0. The van der Waals surface area contributed by atoms with E-state index < -0.39 is 35.1 Å². The predicted molar refractivity (Wildman–Crippen MR) is 233 cm³/mol. The van der Waals surface area contributed by atoms with Gasteiger partial charge in [-0.15, -0.1) is 20.1 Å². The lowest BCUT2D eigenvalue weighted by atomic mass is 9.85. The zero-order valence-electron chi connectivity index (χ0n) is 34.9. The normalized spacial score (nSPS) is 15.9. The number of likely N-dealkylation sites (tertiary alicyclic amines) is 1. The lowest BCUT2D eigenvalue weighted by Crippen LogP contribution is -2.57. The molecule has 1 aliphatic rings. The van der Waals surface area contributed by atoms with E-state index in [1.807, 2.05) is 45.3 Å². The summed E-state index contributed by atoms with van der Waals surface area (Å²) in [6.45, 7) is 12.3. The number of benzene rings is 2. The Labute approximate surface area is 367 Å². The summed E-state index contributed by atoms with van der Waals surface area (Å²) in [6.07, 6.45) is 3.59. The third-order valence-corrected chi connectivity index (χ3v) is 11.5. The van der Waals surface area contributed by atoms with Gasteiger partial charge in [-0.05, 0) is 66.1 Å². The average Bonchev–Trinajstić information content (AvgIpc) is 4.01. The molecule has 4 heterocycles. The Morgan fingerprint density at radius 2 is 1.81 bits per heavy atom. The molecule has 0 bridgehead atoms. The third kappa shape index (κ3) is 12.3. The van der Waals surface area contributed by atoms with Crippen molar-refractivity contribution in [1.82, 2.24) is 35.7 Å². The highest BCUT2D eigenvalue weighted by molar-refractivity contribution is 7.13. The van der Waals surface area contributed by atoms with Gasteiger partial charge in [-0.3, -0.25) is 24.5 Å². The van der Waals surface area contributed by atoms with Crippen LogP contribution in [0.5, 0.6) is 5.75 Å². The van der Waals surface area contributed by atoms with Crippen LogP contribution in [0.4, 0.5) is 8.78 Å². The number of β-amino-alcohol motifs (C(OH)–C–C–N with tert-alkyl or cyclic N) is 1. The zero-order valence-corrected chi connectivity index (χ0v) is 36.5.